The summed E-state index contributed by atoms with van der Waals surface area (Å²) in [6, 6.07) is 0.362. The number of aryl methyl sites for hydroxylation is 2. The fourth-order valence-corrected chi connectivity index (χ4v) is 3.86. The first-order valence-corrected chi connectivity index (χ1v) is 9.07. The van der Waals surface area contributed by atoms with Crippen LogP contribution in [0.5, 0.6) is 0 Å². The maximum Gasteiger partial charge on any atom is 0.317 e. The van der Waals surface area contributed by atoms with Gasteiger partial charge in [0, 0.05) is 25.8 Å². The van der Waals surface area contributed by atoms with E-state index in [4.69, 9.17) is 0 Å². The van der Waals surface area contributed by atoms with Gasteiger partial charge in [-0.1, -0.05) is 0 Å². The Morgan fingerprint density at radius 2 is 1.96 bits per heavy atom. The van der Waals surface area contributed by atoms with Crippen molar-refractivity contribution in [2.45, 2.75) is 58.2 Å². The number of likely N-dealkylation sites (tertiary alicyclic amines) is 1. The zero-order valence-electron chi connectivity index (χ0n) is 14.9. The number of carbonyl (C=O) groups excluding carboxylic acids is 1. The molecule has 2 aliphatic rings. The van der Waals surface area contributed by atoms with E-state index in [1.165, 1.54) is 5.56 Å². The molecule has 8 nitrogen and oxygen atoms in total. The molecule has 0 radical (unpaired) electrons. The Balaban J connectivity index is 1.35. The fraction of sp³-hybridized carbons (Fsp3) is 0.647. The number of rotatable bonds is 2. The van der Waals surface area contributed by atoms with Crippen molar-refractivity contribution >= 4 is 6.03 Å². The standard InChI is InChI=1S/C17H25N7O/c1-12-10-18-24(11-12)14-5-8-22(9-6-14)17(25)19-15-4-3-7-23-13(2)20-21-16(15)23/h10-11,14-15H,3-9H2,1-2H3,(H,19,25). The molecule has 0 aliphatic carbocycles. The lowest BCUT2D eigenvalue weighted by atomic mass is 10.1. The molecule has 0 saturated carbocycles. The van der Waals surface area contributed by atoms with Gasteiger partial charge in [0.1, 0.15) is 5.82 Å². The van der Waals surface area contributed by atoms with Crippen molar-refractivity contribution in [1.82, 2.24) is 34.8 Å². The van der Waals surface area contributed by atoms with Crippen molar-refractivity contribution in [3.63, 3.8) is 0 Å². The van der Waals surface area contributed by atoms with Gasteiger partial charge in [0.2, 0.25) is 0 Å². The van der Waals surface area contributed by atoms with Gasteiger partial charge in [-0.05, 0) is 45.1 Å². The molecule has 2 aromatic rings. The van der Waals surface area contributed by atoms with Crippen molar-refractivity contribution in [2.75, 3.05) is 13.1 Å². The second-order valence-electron chi connectivity index (χ2n) is 7.12. The minimum Gasteiger partial charge on any atom is -0.328 e. The number of hydrogen-bond donors (Lipinski definition) is 1. The highest BCUT2D eigenvalue weighted by Crippen LogP contribution is 2.26. The van der Waals surface area contributed by atoms with Gasteiger partial charge in [-0.2, -0.15) is 5.10 Å². The molecule has 2 aromatic heterocycles. The lowest BCUT2D eigenvalue weighted by Gasteiger charge is -2.34. The maximum absolute atomic E-state index is 12.7. The summed E-state index contributed by atoms with van der Waals surface area (Å²) in [6.45, 7) is 6.47. The van der Waals surface area contributed by atoms with E-state index in [-0.39, 0.29) is 12.1 Å². The average Bonchev–Trinajstić information content (AvgIpc) is 3.22. The zero-order valence-corrected chi connectivity index (χ0v) is 14.9. The van der Waals surface area contributed by atoms with E-state index in [9.17, 15) is 4.79 Å². The molecule has 1 saturated heterocycles. The predicted octanol–water partition coefficient (Wildman–Crippen LogP) is 1.97. The minimum absolute atomic E-state index is 0.00852. The van der Waals surface area contributed by atoms with Crippen LogP contribution in [0.15, 0.2) is 12.4 Å². The summed E-state index contributed by atoms with van der Waals surface area (Å²) in [5, 5.41) is 16.0. The molecular formula is C17H25N7O. The molecule has 4 heterocycles. The summed E-state index contributed by atoms with van der Waals surface area (Å²) >= 11 is 0. The molecule has 25 heavy (non-hydrogen) atoms. The second kappa shape index (κ2) is 6.50. The van der Waals surface area contributed by atoms with Gasteiger partial charge >= 0.3 is 6.03 Å². The average molecular weight is 343 g/mol. The van der Waals surface area contributed by atoms with Crippen LogP contribution in [0, 0.1) is 13.8 Å². The largest absolute Gasteiger partial charge is 0.328 e. The summed E-state index contributed by atoms with van der Waals surface area (Å²) < 4.78 is 4.15. The zero-order chi connectivity index (χ0) is 17.4. The molecule has 4 rings (SSSR count). The number of nitrogens with zero attached hydrogens (tertiary/aromatic N) is 6. The maximum atomic E-state index is 12.7. The van der Waals surface area contributed by atoms with E-state index in [1.54, 1.807) is 0 Å². The Morgan fingerprint density at radius 3 is 2.68 bits per heavy atom. The van der Waals surface area contributed by atoms with Gasteiger partial charge in [0.15, 0.2) is 5.82 Å². The van der Waals surface area contributed by atoms with Gasteiger partial charge in [-0.25, -0.2) is 4.79 Å². The van der Waals surface area contributed by atoms with Crippen LogP contribution in [-0.4, -0.2) is 48.6 Å². The smallest absolute Gasteiger partial charge is 0.317 e. The molecule has 1 atom stereocenters. The number of carbonyl (C=O) groups is 1. The second-order valence-corrected chi connectivity index (χ2v) is 7.12. The lowest BCUT2D eigenvalue weighted by molar-refractivity contribution is 0.163. The molecule has 2 aliphatic heterocycles. The number of hydrogen-bond acceptors (Lipinski definition) is 4. The lowest BCUT2D eigenvalue weighted by Crippen LogP contribution is -2.46. The highest BCUT2D eigenvalue weighted by Gasteiger charge is 2.29. The Labute approximate surface area is 147 Å². The highest BCUT2D eigenvalue weighted by molar-refractivity contribution is 5.74. The predicted molar refractivity (Wildman–Crippen MR) is 92.1 cm³/mol. The van der Waals surface area contributed by atoms with Crippen LogP contribution in [0.2, 0.25) is 0 Å². The van der Waals surface area contributed by atoms with Crippen molar-refractivity contribution in [1.29, 1.82) is 0 Å². The van der Waals surface area contributed by atoms with Crippen molar-refractivity contribution in [3.05, 3.63) is 29.6 Å². The van der Waals surface area contributed by atoms with E-state index >= 15 is 0 Å². The van der Waals surface area contributed by atoms with Crippen LogP contribution in [0.1, 0.15) is 55.0 Å². The van der Waals surface area contributed by atoms with Crippen LogP contribution in [-0.2, 0) is 6.54 Å². The number of aromatic nitrogens is 5. The van der Waals surface area contributed by atoms with Crippen LogP contribution in [0.3, 0.4) is 0 Å². The Bertz CT molecular complexity index is 757. The van der Waals surface area contributed by atoms with Gasteiger partial charge in [0.05, 0.1) is 18.3 Å². The van der Waals surface area contributed by atoms with E-state index in [0.29, 0.717) is 6.04 Å². The first kappa shape index (κ1) is 16.1. The Hall–Kier alpha value is -2.38. The molecule has 2 amide bonds. The van der Waals surface area contributed by atoms with Crippen molar-refractivity contribution in [2.24, 2.45) is 0 Å². The van der Waals surface area contributed by atoms with Gasteiger partial charge in [-0.15, -0.1) is 10.2 Å². The highest BCUT2D eigenvalue weighted by atomic mass is 16.2. The summed E-state index contributed by atoms with van der Waals surface area (Å²) in [4.78, 5) is 14.6. The molecule has 8 heteroatoms. The normalized spacial score (nSPS) is 21.2. The monoisotopic (exact) mass is 343 g/mol. The number of fused-ring (bicyclic) bond motifs is 1. The molecule has 1 fully saturated rings. The van der Waals surface area contributed by atoms with E-state index < -0.39 is 0 Å². The minimum atomic E-state index is -0.0334. The van der Waals surface area contributed by atoms with E-state index in [0.717, 1.165) is 57.0 Å². The Morgan fingerprint density at radius 1 is 1.16 bits per heavy atom. The SMILES string of the molecule is Cc1cnn(C2CCN(C(=O)NC3CCCn4c(C)nnc43)CC2)c1. The van der Waals surface area contributed by atoms with E-state index in [2.05, 4.69) is 38.3 Å². The van der Waals surface area contributed by atoms with Crippen LogP contribution in [0.4, 0.5) is 4.79 Å². The molecule has 0 bridgehead atoms. The fourth-order valence-electron chi connectivity index (χ4n) is 3.86. The molecule has 134 valence electrons. The number of piperidine rings is 1. The van der Waals surface area contributed by atoms with Gasteiger partial charge < -0.3 is 14.8 Å². The number of amides is 2. The molecule has 1 N–H and O–H groups in total. The summed E-state index contributed by atoms with van der Waals surface area (Å²) in [5.74, 6) is 1.81. The third-order valence-corrected chi connectivity index (χ3v) is 5.30. The summed E-state index contributed by atoms with van der Waals surface area (Å²) in [7, 11) is 0. The quantitative estimate of drug-likeness (QED) is 0.904. The number of urea groups is 1. The van der Waals surface area contributed by atoms with Gasteiger partial charge in [-0.3, -0.25) is 4.68 Å². The van der Waals surface area contributed by atoms with Gasteiger partial charge in [0.25, 0.3) is 0 Å². The van der Waals surface area contributed by atoms with E-state index in [1.807, 2.05) is 22.7 Å². The molecule has 0 aromatic carbocycles. The van der Waals surface area contributed by atoms with Crippen LogP contribution in [0.25, 0.3) is 0 Å². The third kappa shape index (κ3) is 3.12. The van der Waals surface area contributed by atoms with Crippen LogP contribution >= 0.6 is 0 Å². The summed E-state index contributed by atoms with van der Waals surface area (Å²) in [5.41, 5.74) is 1.18. The summed E-state index contributed by atoms with van der Waals surface area (Å²) in [6.07, 6.45) is 7.81. The molecule has 0 spiro atoms. The van der Waals surface area contributed by atoms with Crippen LogP contribution < -0.4 is 5.32 Å². The first-order chi connectivity index (χ1) is 12.1. The van der Waals surface area contributed by atoms with Crippen molar-refractivity contribution in [3.8, 4) is 0 Å². The number of nitrogens with one attached hydrogen (secondary N) is 1. The van der Waals surface area contributed by atoms with Crippen molar-refractivity contribution < 1.29 is 4.79 Å². The third-order valence-electron chi connectivity index (χ3n) is 5.30. The molecular weight excluding hydrogens is 318 g/mol. The first-order valence-electron chi connectivity index (χ1n) is 9.07. The topological polar surface area (TPSA) is 80.9 Å². The Kier molecular flexibility index (Phi) is 4.19. The molecule has 1 unspecified atom stereocenters.